The van der Waals surface area contributed by atoms with Crippen LogP contribution >= 0.6 is 0 Å². The molecule has 0 N–H and O–H groups in total. The van der Waals surface area contributed by atoms with Gasteiger partial charge in [0.25, 0.3) is 0 Å². The molecule has 0 radical (unpaired) electrons. The number of benzene rings is 1. The molecule has 8 heteroatoms. The van der Waals surface area contributed by atoms with E-state index >= 15 is 0 Å². The molecule has 2 aromatic heterocycles. The van der Waals surface area contributed by atoms with Crippen LogP contribution in [-0.4, -0.2) is 33.2 Å². The van der Waals surface area contributed by atoms with Gasteiger partial charge in [0.2, 0.25) is 11.8 Å². The van der Waals surface area contributed by atoms with Crippen molar-refractivity contribution in [3.63, 3.8) is 0 Å². The van der Waals surface area contributed by atoms with Crippen molar-refractivity contribution < 1.29 is 18.1 Å². The summed E-state index contributed by atoms with van der Waals surface area (Å²) in [5.74, 6) is 3.76. The fraction of sp³-hybridized carbons (Fsp3) is 0.625. The van der Waals surface area contributed by atoms with Crippen LogP contribution in [0.1, 0.15) is 107 Å². The van der Waals surface area contributed by atoms with E-state index in [9.17, 15) is 9.18 Å². The van der Waals surface area contributed by atoms with Gasteiger partial charge in [-0.05, 0) is 94.6 Å². The quantitative estimate of drug-likeness (QED) is 0.286. The van der Waals surface area contributed by atoms with Gasteiger partial charge in [-0.25, -0.2) is 9.37 Å². The third kappa shape index (κ3) is 3.81. The Kier molecular flexibility index (Phi) is 5.25. The molecule has 0 saturated heterocycles. The van der Waals surface area contributed by atoms with Crippen molar-refractivity contribution in [2.24, 2.45) is 10.8 Å². The summed E-state index contributed by atoms with van der Waals surface area (Å²) >= 11 is 0. The first-order chi connectivity index (χ1) is 19.3. The van der Waals surface area contributed by atoms with Crippen LogP contribution in [0, 0.1) is 10.8 Å². The lowest BCUT2D eigenvalue weighted by Gasteiger charge is -2.65. The van der Waals surface area contributed by atoms with Crippen molar-refractivity contribution in [3.8, 4) is 11.3 Å². The lowest BCUT2D eigenvalue weighted by molar-refractivity contribution is -0.211. The van der Waals surface area contributed by atoms with Crippen LogP contribution in [0.3, 0.4) is 0 Å². The molecule has 1 amide bonds. The van der Waals surface area contributed by atoms with E-state index in [1.54, 1.807) is 6.20 Å². The Morgan fingerprint density at radius 1 is 1.10 bits per heavy atom. The van der Waals surface area contributed by atoms with Crippen LogP contribution < -0.4 is 4.90 Å². The Morgan fingerprint density at radius 3 is 2.52 bits per heavy atom. The molecule has 7 nitrogen and oxygen atoms in total. The standard InChI is InChI=1S/C32H37FN4O3/c1-2-4-25-34-16-24(39-25)22-5-3-6-23(15-22)37(28(38)31-17-32(33,18-31)19-31)20-29-9-12-30(13-10-29,14-11-29)27-35-26(36-40-27)21-7-8-21/h3,5-6,15-16,21H,2,4,7-14,17-20H2,1H3. The highest BCUT2D eigenvalue weighted by molar-refractivity contribution is 6.00. The molecule has 4 bridgehead atoms. The number of anilines is 1. The van der Waals surface area contributed by atoms with Gasteiger partial charge < -0.3 is 13.8 Å². The summed E-state index contributed by atoms with van der Waals surface area (Å²) in [4.78, 5) is 25.4. The second kappa shape index (κ2) is 8.49. The van der Waals surface area contributed by atoms with Gasteiger partial charge in [0, 0.05) is 35.5 Å². The van der Waals surface area contributed by atoms with Crippen LogP contribution in [0.25, 0.3) is 11.3 Å². The number of nitrogens with zero attached hydrogens (tertiary/aromatic N) is 4. The molecule has 7 saturated carbocycles. The SMILES string of the molecule is CCCc1ncc(-c2cccc(N(CC34CCC(c5nc(C6CC6)no5)(CC3)CC4)C(=O)C34CC(F)(C3)C4)c2)o1. The lowest BCUT2D eigenvalue weighted by Crippen LogP contribution is -2.71. The van der Waals surface area contributed by atoms with Gasteiger partial charge in [-0.3, -0.25) is 4.79 Å². The van der Waals surface area contributed by atoms with E-state index in [0.717, 1.165) is 80.2 Å². The minimum atomic E-state index is -1.12. The van der Waals surface area contributed by atoms with Gasteiger partial charge in [0.1, 0.15) is 5.67 Å². The van der Waals surface area contributed by atoms with E-state index in [-0.39, 0.29) is 16.7 Å². The molecular formula is C32H37FN4O3. The van der Waals surface area contributed by atoms with Crippen molar-refractivity contribution in [2.75, 3.05) is 11.4 Å². The lowest BCUT2D eigenvalue weighted by atomic mass is 9.41. The number of aromatic nitrogens is 3. The van der Waals surface area contributed by atoms with Gasteiger partial charge in [-0.15, -0.1) is 0 Å². The van der Waals surface area contributed by atoms with Gasteiger partial charge in [-0.1, -0.05) is 24.2 Å². The van der Waals surface area contributed by atoms with E-state index in [0.29, 0.717) is 37.5 Å². The molecule has 0 unspecified atom stereocenters. The van der Waals surface area contributed by atoms with Crippen LogP contribution in [0.5, 0.6) is 0 Å². The predicted octanol–water partition coefficient (Wildman–Crippen LogP) is 7.07. The number of alkyl halides is 1. The smallest absolute Gasteiger partial charge is 0.233 e. The molecule has 7 fully saturated rings. The first-order valence-electron chi connectivity index (χ1n) is 15.2. The molecule has 0 atom stereocenters. The van der Waals surface area contributed by atoms with Crippen LogP contribution in [0.15, 0.2) is 39.4 Å². The zero-order chi connectivity index (χ0) is 27.2. The average molecular weight is 545 g/mol. The molecule has 0 spiro atoms. The van der Waals surface area contributed by atoms with Crippen LogP contribution in [-0.2, 0) is 16.6 Å². The minimum Gasteiger partial charge on any atom is -0.441 e. The monoisotopic (exact) mass is 544 g/mol. The molecule has 0 aliphatic heterocycles. The van der Waals surface area contributed by atoms with Crippen LogP contribution in [0.4, 0.5) is 10.1 Å². The normalized spacial score (nSPS) is 33.9. The highest BCUT2D eigenvalue weighted by atomic mass is 19.1. The Hall–Kier alpha value is -3.03. The van der Waals surface area contributed by atoms with Gasteiger partial charge >= 0.3 is 0 Å². The molecule has 3 aromatic rings. The van der Waals surface area contributed by atoms with E-state index in [1.807, 2.05) is 23.1 Å². The van der Waals surface area contributed by atoms with Crippen molar-refractivity contribution in [1.29, 1.82) is 0 Å². The maximum absolute atomic E-state index is 14.5. The summed E-state index contributed by atoms with van der Waals surface area (Å²) < 4.78 is 26.4. The number of oxazole rings is 1. The van der Waals surface area contributed by atoms with Gasteiger partial charge in [0.15, 0.2) is 17.5 Å². The zero-order valence-electron chi connectivity index (χ0n) is 23.3. The Bertz CT molecular complexity index is 1430. The Balaban J connectivity index is 1.06. The Morgan fingerprint density at radius 2 is 1.85 bits per heavy atom. The van der Waals surface area contributed by atoms with E-state index in [2.05, 4.69) is 23.1 Å². The number of hydrogen-bond acceptors (Lipinski definition) is 6. The third-order valence-electron chi connectivity index (χ3n) is 10.9. The Labute approximate surface area is 233 Å². The van der Waals surface area contributed by atoms with Gasteiger partial charge in [0.05, 0.1) is 11.6 Å². The minimum absolute atomic E-state index is 0.0202. The zero-order valence-corrected chi connectivity index (χ0v) is 23.3. The topological polar surface area (TPSA) is 85.3 Å². The molecule has 2 heterocycles. The van der Waals surface area contributed by atoms with E-state index < -0.39 is 11.1 Å². The summed E-state index contributed by atoms with van der Waals surface area (Å²) in [6.45, 7) is 2.77. The maximum atomic E-state index is 14.5. The fourth-order valence-electron chi connectivity index (χ4n) is 8.17. The summed E-state index contributed by atoms with van der Waals surface area (Å²) in [6, 6.07) is 8.07. The number of hydrogen-bond donors (Lipinski definition) is 0. The summed E-state index contributed by atoms with van der Waals surface area (Å²) in [6.07, 6.45) is 13.1. The molecule has 7 aliphatic rings. The molecular weight excluding hydrogens is 507 g/mol. The molecule has 40 heavy (non-hydrogen) atoms. The summed E-state index contributed by atoms with van der Waals surface area (Å²) in [5, 5.41) is 4.31. The first kappa shape index (κ1) is 24.7. The summed E-state index contributed by atoms with van der Waals surface area (Å²) in [5.41, 5.74) is 0.165. The van der Waals surface area contributed by atoms with Crippen molar-refractivity contribution in [2.45, 2.75) is 107 Å². The van der Waals surface area contributed by atoms with Crippen molar-refractivity contribution in [3.05, 3.63) is 48.1 Å². The van der Waals surface area contributed by atoms with E-state index in [1.165, 1.54) is 12.8 Å². The fourth-order valence-corrected chi connectivity index (χ4v) is 8.17. The van der Waals surface area contributed by atoms with Crippen LogP contribution in [0.2, 0.25) is 0 Å². The predicted molar refractivity (Wildman–Crippen MR) is 146 cm³/mol. The number of rotatable bonds is 9. The second-order valence-corrected chi connectivity index (χ2v) is 13.8. The van der Waals surface area contributed by atoms with Crippen molar-refractivity contribution in [1.82, 2.24) is 15.1 Å². The number of carbonyl (C=O) groups is 1. The molecule has 10 rings (SSSR count). The average Bonchev–Trinajstić information content (AvgIpc) is 3.47. The van der Waals surface area contributed by atoms with E-state index in [4.69, 9.17) is 13.9 Å². The highest BCUT2D eigenvalue weighted by Crippen LogP contribution is 2.70. The molecule has 7 aliphatic carbocycles. The first-order valence-corrected chi connectivity index (χ1v) is 15.2. The number of carbonyl (C=O) groups excluding carboxylic acids is 1. The number of aryl methyl sites for hydroxylation is 1. The van der Waals surface area contributed by atoms with Crippen molar-refractivity contribution >= 4 is 11.6 Å². The summed E-state index contributed by atoms with van der Waals surface area (Å²) in [7, 11) is 0. The third-order valence-corrected chi connectivity index (χ3v) is 10.9. The number of fused-ring (bicyclic) bond motifs is 3. The number of amides is 1. The van der Waals surface area contributed by atoms with Gasteiger partial charge in [-0.2, -0.15) is 4.98 Å². The second-order valence-electron chi connectivity index (χ2n) is 13.8. The highest BCUT2D eigenvalue weighted by Gasteiger charge is 2.73. The number of halogens is 1. The molecule has 210 valence electrons. The maximum Gasteiger partial charge on any atom is 0.233 e. The molecule has 1 aromatic carbocycles. The largest absolute Gasteiger partial charge is 0.441 e.